The predicted octanol–water partition coefficient (Wildman–Crippen LogP) is 4.71. The Bertz CT molecular complexity index is 753. The van der Waals surface area contributed by atoms with E-state index in [4.69, 9.17) is 11.6 Å². The first kappa shape index (κ1) is 14.3. The molecule has 0 fully saturated rings. The van der Waals surface area contributed by atoms with Crippen LogP contribution in [0.5, 0.6) is 0 Å². The molecular weight excluding hydrogens is 324 g/mol. The summed E-state index contributed by atoms with van der Waals surface area (Å²) in [7, 11) is 0. The highest BCUT2D eigenvalue weighted by molar-refractivity contribution is 7.20. The molecule has 1 N–H and O–H groups in total. The molecule has 21 heavy (non-hydrogen) atoms. The lowest BCUT2D eigenvalue weighted by Crippen LogP contribution is -2.14. The van der Waals surface area contributed by atoms with E-state index in [1.165, 1.54) is 0 Å². The Kier molecular flexibility index (Phi) is 4.34. The zero-order valence-corrected chi connectivity index (χ0v) is 13.3. The van der Waals surface area contributed by atoms with Gasteiger partial charge in [0.2, 0.25) is 5.91 Å². The van der Waals surface area contributed by atoms with Crippen molar-refractivity contribution in [2.45, 2.75) is 6.42 Å². The fourth-order valence-electron chi connectivity index (χ4n) is 1.84. The van der Waals surface area contributed by atoms with Gasteiger partial charge in [-0.2, -0.15) is 0 Å². The number of carbonyl (C=O) groups is 1. The topological polar surface area (TPSA) is 42.0 Å². The summed E-state index contributed by atoms with van der Waals surface area (Å²) in [6.45, 7) is 0. The van der Waals surface area contributed by atoms with Crippen molar-refractivity contribution in [1.29, 1.82) is 0 Å². The average molecular weight is 335 g/mol. The minimum Gasteiger partial charge on any atom is -0.326 e. The Balaban J connectivity index is 1.65. The van der Waals surface area contributed by atoms with E-state index >= 15 is 0 Å². The second-order valence-corrected chi connectivity index (χ2v) is 6.60. The summed E-state index contributed by atoms with van der Waals surface area (Å²) in [6.07, 6.45) is 0.258. The number of nitrogens with zero attached hydrogens (tertiary/aromatic N) is 1. The highest BCUT2D eigenvalue weighted by Gasteiger charge is 2.10. The van der Waals surface area contributed by atoms with Gasteiger partial charge < -0.3 is 5.32 Å². The number of aromatic nitrogens is 1. The third-order valence-corrected chi connectivity index (χ3v) is 4.90. The Labute approximate surface area is 135 Å². The number of halogens is 1. The van der Waals surface area contributed by atoms with Gasteiger partial charge in [0.05, 0.1) is 17.0 Å². The Morgan fingerprint density at radius 1 is 1.24 bits per heavy atom. The molecule has 0 atom stereocenters. The standard InChI is InChI=1S/C15H11ClN2OS2/c16-10-3-1-4-11(7-10)17-14(19)8-12-9-21-15(18-12)13-5-2-6-20-13/h1-7,9H,8H2,(H,17,19). The van der Waals surface area contributed by atoms with E-state index < -0.39 is 0 Å². The number of hydrogen-bond donors (Lipinski definition) is 1. The molecule has 1 aromatic carbocycles. The molecule has 0 bridgehead atoms. The van der Waals surface area contributed by atoms with Crippen molar-refractivity contribution in [2.75, 3.05) is 5.32 Å². The molecule has 6 heteroatoms. The highest BCUT2D eigenvalue weighted by Crippen LogP contribution is 2.28. The smallest absolute Gasteiger partial charge is 0.230 e. The second-order valence-electron chi connectivity index (χ2n) is 4.36. The Morgan fingerprint density at radius 3 is 2.90 bits per heavy atom. The molecule has 2 aromatic heterocycles. The zero-order valence-electron chi connectivity index (χ0n) is 10.9. The summed E-state index contributed by atoms with van der Waals surface area (Å²) in [5.41, 5.74) is 1.48. The van der Waals surface area contributed by atoms with Crippen LogP contribution in [0, 0.1) is 0 Å². The average Bonchev–Trinajstić information content (AvgIpc) is 3.08. The van der Waals surface area contributed by atoms with E-state index in [0.29, 0.717) is 10.7 Å². The van der Waals surface area contributed by atoms with E-state index in [1.54, 1.807) is 40.9 Å². The lowest BCUT2D eigenvalue weighted by Gasteiger charge is -2.04. The van der Waals surface area contributed by atoms with Crippen LogP contribution in [0.15, 0.2) is 47.2 Å². The van der Waals surface area contributed by atoms with Crippen molar-refractivity contribution in [3.63, 3.8) is 0 Å². The van der Waals surface area contributed by atoms with Gasteiger partial charge in [0.1, 0.15) is 5.01 Å². The number of rotatable bonds is 4. The van der Waals surface area contributed by atoms with Crippen LogP contribution in [0.25, 0.3) is 9.88 Å². The van der Waals surface area contributed by atoms with Crippen LogP contribution in [0.2, 0.25) is 5.02 Å². The molecule has 106 valence electrons. The number of carbonyl (C=O) groups excluding carboxylic acids is 1. The molecule has 0 saturated heterocycles. The summed E-state index contributed by atoms with van der Waals surface area (Å²) >= 11 is 9.09. The lowest BCUT2D eigenvalue weighted by atomic mass is 10.3. The molecule has 3 rings (SSSR count). The molecule has 2 heterocycles. The molecule has 1 amide bonds. The Hall–Kier alpha value is -1.69. The van der Waals surface area contributed by atoms with Crippen molar-refractivity contribution in [3.8, 4) is 9.88 Å². The normalized spacial score (nSPS) is 10.5. The van der Waals surface area contributed by atoms with E-state index in [0.717, 1.165) is 15.6 Å². The number of benzene rings is 1. The number of amides is 1. The van der Waals surface area contributed by atoms with Crippen molar-refractivity contribution < 1.29 is 4.79 Å². The molecule has 3 nitrogen and oxygen atoms in total. The number of thiazole rings is 1. The number of hydrogen-bond acceptors (Lipinski definition) is 4. The predicted molar refractivity (Wildman–Crippen MR) is 89.2 cm³/mol. The molecule has 0 aliphatic heterocycles. The van der Waals surface area contributed by atoms with E-state index in [9.17, 15) is 4.79 Å². The molecular formula is C15H11ClN2OS2. The molecule has 0 unspecified atom stereocenters. The van der Waals surface area contributed by atoms with Gasteiger partial charge in [0.25, 0.3) is 0 Å². The molecule has 0 aliphatic carbocycles. The number of thiophene rings is 1. The van der Waals surface area contributed by atoms with Gasteiger partial charge in [-0.15, -0.1) is 22.7 Å². The summed E-state index contributed by atoms with van der Waals surface area (Å²) in [5, 5.41) is 8.31. The van der Waals surface area contributed by atoms with Crippen LogP contribution in [0.4, 0.5) is 5.69 Å². The van der Waals surface area contributed by atoms with E-state index in [1.807, 2.05) is 29.0 Å². The van der Waals surface area contributed by atoms with Crippen LogP contribution in [0.1, 0.15) is 5.69 Å². The van der Waals surface area contributed by atoms with Crippen LogP contribution in [-0.2, 0) is 11.2 Å². The van der Waals surface area contributed by atoms with Crippen molar-refractivity contribution in [3.05, 3.63) is 57.9 Å². The third kappa shape index (κ3) is 3.69. The first-order chi connectivity index (χ1) is 10.2. The van der Waals surface area contributed by atoms with E-state index in [2.05, 4.69) is 10.3 Å². The first-order valence-electron chi connectivity index (χ1n) is 6.24. The second kappa shape index (κ2) is 6.39. The van der Waals surface area contributed by atoms with Gasteiger partial charge in [-0.05, 0) is 29.6 Å². The largest absolute Gasteiger partial charge is 0.326 e. The van der Waals surface area contributed by atoms with Crippen LogP contribution >= 0.6 is 34.3 Å². The van der Waals surface area contributed by atoms with Gasteiger partial charge in [0, 0.05) is 16.1 Å². The van der Waals surface area contributed by atoms with Gasteiger partial charge in [-0.3, -0.25) is 4.79 Å². The molecule has 0 aliphatic rings. The van der Waals surface area contributed by atoms with Gasteiger partial charge >= 0.3 is 0 Å². The molecule has 0 radical (unpaired) electrons. The summed E-state index contributed by atoms with van der Waals surface area (Å²) in [4.78, 5) is 17.6. The maximum atomic E-state index is 12.0. The lowest BCUT2D eigenvalue weighted by molar-refractivity contribution is -0.115. The van der Waals surface area contributed by atoms with Gasteiger partial charge in [-0.1, -0.05) is 23.7 Å². The maximum absolute atomic E-state index is 12.0. The third-order valence-electron chi connectivity index (χ3n) is 2.73. The van der Waals surface area contributed by atoms with Crippen LogP contribution < -0.4 is 5.32 Å². The van der Waals surface area contributed by atoms with Crippen LogP contribution in [0.3, 0.4) is 0 Å². The minimum atomic E-state index is -0.0969. The van der Waals surface area contributed by atoms with E-state index in [-0.39, 0.29) is 12.3 Å². The summed E-state index contributed by atoms with van der Waals surface area (Å²) in [6, 6.07) is 11.1. The SMILES string of the molecule is O=C(Cc1csc(-c2cccs2)n1)Nc1cccc(Cl)c1. The fourth-order valence-corrected chi connectivity index (χ4v) is 3.66. The highest BCUT2D eigenvalue weighted by atomic mass is 35.5. The monoisotopic (exact) mass is 334 g/mol. The Morgan fingerprint density at radius 2 is 2.14 bits per heavy atom. The van der Waals surface area contributed by atoms with Gasteiger partial charge in [0.15, 0.2) is 0 Å². The minimum absolute atomic E-state index is 0.0969. The maximum Gasteiger partial charge on any atom is 0.230 e. The van der Waals surface area contributed by atoms with Gasteiger partial charge in [-0.25, -0.2) is 4.98 Å². The number of nitrogens with one attached hydrogen (secondary N) is 1. The first-order valence-corrected chi connectivity index (χ1v) is 8.38. The molecule has 0 saturated carbocycles. The van der Waals surface area contributed by atoms with Crippen molar-refractivity contribution in [1.82, 2.24) is 4.98 Å². The fraction of sp³-hybridized carbons (Fsp3) is 0.0667. The molecule has 3 aromatic rings. The van der Waals surface area contributed by atoms with Crippen molar-refractivity contribution in [2.24, 2.45) is 0 Å². The van der Waals surface area contributed by atoms with Crippen LogP contribution in [-0.4, -0.2) is 10.9 Å². The summed E-state index contributed by atoms with van der Waals surface area (Å²) in [5.74, 6) is -0.0969. The summed E-state index contributed by atoms with van der Waals surface area (Å²) < 4.78 is 0. The zero-order chi connectivity index (χ0) is 14.7. The molecule has 0 spiro atoms. The number of anilines is 1. The van der Waals surface area contributed by atoms with Crippen molar-refractivity contribution >= 4 is 45.9 Å². The quantitative estimate of drug-likeness (QED) is 0.751.